The maximum absolute atomic E-state index is 12.7. The molecule has 6 nitrogen and oxygen atoms in total. The summed E-state index contributed by atoms with van der Waals surface area (Å²) in [5.41, 5.74) is 1.23. The topological polar surface area (TPSA) is 64.8 Å². The summed E-state index contributed by atoms with van der Waals surface area (Å²) in [7, 11) is 1.75. The lowest BCUT2D eigenvalue weighted by atomic mass is 10.1. The summed E-state index contributed by atoms with van der Waals surface area (Å²) in [5, 5.41) is 3.94. The predicted octanol–water partition coefficient (Wildman–Crippen LogP) is 2.46. The highest BCUT2D eigenvalue weighted by Crippen LogP contribution is 2.31. The summed E-state index contributed by atoms with van der Waals surface area (Å²) >= 11 is 0. The molecule has 2 aromatic rings. The molecule has 3 rings (SSSR count). The lowest BCUT2D eigenvalue weighted by Gasteiger charge is -2.29. The number of carbonyl (C=O) groups is 1. The van der Waals surface area contributed by atoms with Gasteiger partial charge in [0.25, 0.3) is 5.91 Å². The van der Waals surface area contributed by atoms with Gasteiger partial charge in [0.1, 0.15) is 17.9 Å². The molecule has 0 unspecified atom stereocenters. The number of aromatic nitrogens is 1. The molecule has 0 fully saturated rings. The SMILES string of the molecule is CCc1noc(C)c1C(=O)N(C)C[C@@H]1COc2ccccc2O1. The van der Waals surface area contributed by atoms with Crippen LogP contribution in [-0.2, 0) is 6.42 Å². The van der Waals surface area contributed by atoms with Crippen molar-refractivity contribution in [1.29, 1.82) is 0 Å². The van der Waals surface area contributed by atoms with Crippen molar-refractivity contribution >= 4 is 5.91 Å². The molecule has 1 aromatic heterocycles. The van der Waals surface area contributed by atoms with Crippen molar-refractivity contribution in [3.8, 4) is 11.5 Å². The van der Waals surface area contributed by atoms with E-state index in [1.54, 1.807) is 18.9 Å². The van der Waals surface area contributed by atoms with E-state index >= 15 is 0 Å². The molecule has 0 saturated heterocycles. The molecule has 122 valence electrons. The van der Waals surface area contributed by atoms with E-state index in [1.807, 2.05) is 31.2 Å². The van der Waals surface area contributed by atoms with Gasteiger partial charge in [-0.15, -0.1) is 0 Å². The monoisotopic (exact) mass is 316 g/mol. The third-order valence-electron chi connectivity index (χ3n) is 3.87. The second-order valence-electron chi connectivity index (χ2n) is 5.60. The number of para-hydroxylation sites is 2. The Bertz CT molecular complexity index is 710. The number of hydrogen-bond donors (Lipinski definition) is 0. The number of ether oxygens (including phenoxy) is 2. The Balaban J connectivity index is 1.69. The van der Waals surface area contributed by atoms with Crippen LogP contribution in [0.3, 0.4) is 0 Å². The maximum atomic E-state index is 12.7. The zero-order valence-electron chi connectivity index (χ0n) is 13.5. The van der Waals surface area contributed by atoms with Crippen molar-refractivity contribution in [3.05, 3.63) is 41.3 Å². The third kappa shape index (κ3) is 3.02. The standard InChI is InChI=1S/C17H20N2O4/c1-4-13-16(11(2)23-18-13)17(20)19(3)9-12-10-21-14-7-5-6-8-15(14)22-12/h5-8,12H,4,9-10H2,1-3H3/t12-/m1/s1. The second kappa shape index (κ2) is 6.32. The van der Waals surface area contributed by atoms with Gasteiger partial charge < -0.3 is 18.9 Å². The van der Waals surface area contributed by atoms with Gasteiger partial charge in [-0.25, -0.2) is 0 Å². The third-order valence-corrected chi connectivity index (χ3v) is 3.87. The van der Waals surface area contributed by atoms with E-state index in [9.17, 15) is 4.79 Å². The molecule has 1 aromatic carbocycles. The Hall–Kier alpha value is -2.50. The van der Waals surface area contributed by atoms with Crippen molar-refractivity contribution in [3.63, 3.8) is 0 Å². The minimum absolute atomic E-state index is 0.108. The smallest absolute Gasteiger partial charge is 0.259 e. The van der Waals surface area contributed by atoms with E-state index in [4.69, 9.17) is 14.0 Å². The summed E-state index contributed by atoms with van der Waals surface area (Å²) < 4.78 is 16.7. The van der Waals surface area contributed by atoms with Crippen LogP contribution >= 0.6 is 0 Å². The van der Waals surface area contributed by atoms with Gasteiger partial charge in [-0.05, 0) is 25.5 Å². The van der Waals surface area contributed by atoms with Crippen molar-refractivity contribution < 1.29 is 18.8 Å². The highest BCUT2D eigenvalue weighted by Gasteiger charge is 2.27. The molecule has 1 aliphatic rings. The average molecular weight is 316 g/mol. The van der Waals surface area contributed by atoms with Gasteiger partial charge in [-0.3, -0.25) is 4.79 Å². The van der Waals surface area contributed by atoms with Gasteiger partial charge in [0, 0.05) is 7.05 Å². The lowest BCUT2D eigenvalue weighted by molar-refractivity contribution is 0.0519. The van der Waals surface area contributed by atoms with E-state index < -0.39 is 0 Å². The highest BCUT2D eigenvalue weighted by atomic mass is 16.6. The number of carbonyl (C=O) groups excluding carboxylic acids is 1. The molecule has 0 spiro atoms. The number of benzene rings is 1. The molecule has 0 aliphatic carbocycles. The summed E-state index contributed by atoms with van der Waals surface area (Å²) in [6.45, 7) is 4.55. The molecule has 0 saturated carbocycles. The lowest BCUT2D eigenvalue weighted by Crippen LogP contribution is -2.42. The van der Waals surface area contributed by atoms with Crippen LogP contribution in [0.5, 0.6) is 11.5 Å². The normalized spacial score (nSPS) is 16.2. The average Bonchev–Trinajstić information content (AvgIpc) is 2.94. The zero-order chi connectivity index (χ0) is 16.4. The van der Waals surface area contributed by atoms with E-state index in [-0.39, 0.29) is 12.0 Å². The first-order valence-corrected chi connectivity index (χ1v) is 7.69. The quantitative estimate of drug-likeness (QED) is 0.867. The van der Waals surface area contributed by atoms with Crippen LogP contribution in [0.1, 0.15) is 28.7 Å². The van der Waals surface area contributed by atoms with Crippen LogP contribution in [0.2, 0.25) is 0 Å². The van der Waals surface area contributed by atoms with E-state index in [0.29, 0.717) is 42.3 Å². The first kappa shape index (κ1) is 15.4. The summed E-state index contributed by atoms with van der Waals surface area (Å²) in [6, 6.07) is 7.53. The Morgan fingerprint density at radius 1 is 1.35 bits per heavy atom. The minimum Gasteiger partial charge on any atom is -0.486 e. The Labute approximate surface area is 135 Å². The van der Waals surface area contributed by atoms with Crippen molar-refractivity contribution in [1.82, 2.24) is 10.1 Å². The molecule has 6 heteroatoms. The molecule has 0 radical (unpaired) electrons. The summed E-state index contributed by atoms with van der Waals surface area (Å²) in [5.74, 6) is 1.88. The molecular weight excluding hydrogens is 296 g/mol. The molecule has 1 aliphatic heterocycles. The van der Waals surface area contributed by atoms with E-state index in [2.05, 4.69) is 5.16 Å². The van der Waals surface area contributed by atoms with Crippen LogP contribution < -0.4 is 9.47 Å². The number of hydrogen-bond acceptors (Lipinski definition) is 5. The van der Waals surface area contributed by atoms with Crippen molar-refractivity contribution in [2.24, 2.45) is 0 Å². The molecule has 2 heterocycles. The van der Waals surface area contributed by atoms with Crippen LogP contribution in [0.25, 0.3) is 0 Å². The largest absolute Gasteiger partial charge is 0.486 e. The van der Waals surface area contributed by atoms with E-state index in [0.717, 1.165) is 5.75 Å². The van der Waals surface area contributed by atoms with Gasteiger partial charge in [0.15, 0.2) is 17.6 Å². The van der Waals surface area contributed by atoms with Gasteiger partial charge >= 0.3 is 0 Å². The Morgan fingerprint density at radius 2 is 2.09 bits per heavy atom. The number of rotatable bonds is 4. The molecule has 1 atom stereocenters. The zero-order valence-corrected chi connectivity index (χ0v) is 13.5. The van der Waals surface area contributed by atoms with Gasteiger partial charge in [-0.1, -0.05) is 24.2 Å². The minimum atomic E-state index is -0.205. The van der Waals surface area contributed by atoms with Crippen LogP contribution in [0.15, 0.2) is 28.8 Å². The first-order valence-electron chi connectivity index (χ1n) is 7.69. The number of aryl methyl sites for hydroxylation is 2. The van der Waals surface area contributed by atoms with Crippen molar-refractivity contribution in [2.45, 2.75) is 26.4 Å². The Kier molecular flexibility index (Phi) is 4.23. The van der Waals surface area contributed by atoms with Gasteiger partial charge in [0.2, 0.25) is 0 Å². The molecule has 0 N–H and O–H groups in total. The summed E-state index contributed by atoms with van der Waals surface area (Å²) in [6.07, 6.45) is 0.451. The van der Waals surface area contributed by atoms with Gasteiger partial charge in [-0.2, -0.15) is 0 Å². The van der Waals surface area contributed by atoms with Crippen LogP contribution in [0, 0.1) is 6.92 Å². The molecule has 1 amide bonds. The number of fused-ring (bicyclic) bond motifs is 1. The molecule has 0 bridgehead atoms. The fourth-order valence-corrected chi connectivity index (χ4v) is 2.67. The first-order chi connectivity index (χ1) is 11.1. The number of likely N-dealkylation sites (N-methyl/N-ethyl adjacent to an activating group) is 1. The van der Waals surface area contributed by atoms with Crippen molar-refractivity contribution in [2.75, 3.05) is 20.2 Å². The second-order valence-corrected chi connectivity index (χ2v) is 5.60. The van der Waals surface area contributed by atoms with Crippen LogP contribution in [-0.4, -0.2) is 42.3 Å². The predicted molar refractivity (Wildman–Crippen MR) is 83.9 cm³/mol. The highest BCUT2D eigenvalue weighted by molar-refractivity contribution is 5.96. The fourth-order valence-electron chi connectivity index (χ4n) is 2.67. The number of amides is 1. The van der Waals surface area contributed by atoms with Gasteiger partial charge in [0.05, 0.1) is 12.2 Å². The van der Waals surface area contributed by atoms with Crippen LogP contribution in [0.4, 0.5) is 0 Å². The molecular formula is C17H20N2O4. The fraction of sp³-hybridized carbons (Fsp3) is 0.412. The van der Waals surface area contributed by atoms with E-state index in [1.165, 1.54) is 0 Å². The Morgan fingerprint density at radius 3 is 2.83 bits per heavy atom. The number of nitrogens with zero attached hydrogens (tertiary/aromatic N) is 2. The summed E-state index contributed by atoms with van der Waals surface area (Å²) in [4.78, 5) is 14.3. The maximum Gasteiger partial charge on any atom is 0.259 e. The molecule has 23 heavy (non-hydrogen) atoms.